The molecule has 4 aliphatic rings. The molecule has 0 spiro atoms. The van der Waals surface area contributed by atoms with Gasteiger partial charge in [-0.15, -0.1) is 0 Å². The minimum Gasteiger partial charge on any atom is -0.469 e. The Hall–Kier alpha value is -1.58. The van der Waals surface area contributed by atoms with Crippen LogP contribution in [0.4, 0.5) is 0 Å². The van der Waals surface area contributed by atoms with Crippen LogP contribution >= 0.6 is 0 Å². The molecule has 2 fully saturated rings. The zero-order valence-electron chi connectivity index (χ0n) is 20.0. The summed E-state index contributed by atoms with van der Waals surface area (Å²) in [4.78, 5) is 23.1. The van der Waals surface area contributed by atoms with E-state index in [2.05, 4.69) is 32.9 Å². The molecule has 172 valence electrons. The van der Waals surface area contributed by atoms with Gasteiger partial charge in [-0.25, -0.2) is 0 Å². The number of hydrogen-bond acceptors (Lipinski definition) is 4. The van der Waals surface area contributed by atoms with Crippen LogP contribution in [-0.2, 0) is 19.1 Å². The predicted molar refractivity (Wildman–Crippen MR) is 121 cm³/mol. The van der Waals surface area contributed by atoms with E-state index in [1.165, 1.54) is 26.9 Å². The largest absolute Gasteiger partial charge is 0.469 e. The van der Waals surface area contributed by atoms with Crippen LogP contribution < -0.4 is 0 Å². The summed E-state index contributed by atoms with van der Waals surface area (Å²) in [6.45, 7) is 8.84. The minimum absolute atomic E-state index is 0.0873. The molecule has 4 rings (SSSR count). The molecular formula is C27H40O4. The Kier molecular flexibility index (Phi) is 6.13. The van der Waals surface area contributed by atoms with Gasteiger partial charge in [-0.05, 0) is 97.0 Å². The summed E-state index contributed by atoms with van der Waals surface area (Å²) in [6.07, 6.45) is 14.5. The van der Waals surface area contributed by atoms with Crippen molar-refractivity contribution in [1.29, 1.82) is 0 Å². The zero-order chi connectivity index (χ0) is 22.4. The first-order valence-corrected chi connectivity index (χ1v) is 12.3. The molecule has 0 unspecified atom stereocenters. The predicted octanol–water partition coefficient (Wildman–Crippen LogP) is 6.01. The highest BCUT2D eigenvalue weighted by atomic mass is 16.5. The molecule has 0 aromatic heterocycles. The summed E-state index contributed by atoms with van der Waals surface area (Å²) in [5.41, 5.74) is 3.75. The standard InChI is InChI=1S/C27H40O4/c1-17(6-11-25(29)30-5)22-9-10-23-21-8-7-19-16-20(31-18(2)28)12-14-26(19,3)24(21)13-15-27(22,23)4/h8,13,17,19-20,22-23H,6-7,9-12,14-16H2,1-5H3/t17-,19+,20+,22-,23+,26-,27+/m0/s1. The average Bonchev–Trinajstić information content (AvgIpc) is 3.09. The first-order valence-electron chi connectivity index (χ1n) is 12.3. The average molecular weight is 429 g/mol. The van der Waals surface area contributed by atoms with Crippen LogP contribution in [0.25, 0.3) is 0 Å². The van der Waals surface area contributed by atoms with E-state index in [0.717, 1.165) is 38.5 Å². The van der Waals surface area contributed by atoms with Gasteiger partial charge in [0, 0.05) is 13.3 Å². The Morgan fingerprint density at radius 3 is 2.68 bits per heavy atom. The lowest BCUT2D eigenvalue weighted by atomic mass is 9.51. The number of carbonyl (C=O) groups excluding carboxylic acids is 2. The van der Waals surface area contributed by atoms with Crippen molar-refractivity contribution in [3.05, 3.63) is 23.3 Å². The van der Waals surface area contributed by atoms with Gasteiger partial charge >= 0.3 is 11.9 Å². The van der Waals surface area contributed by atoms with Gasteiger partial charge in [0.15, 0.2) is 0 Å². The summed E-state index contributed by atoms with van der Waals surface area (Å²) in [7, 11) is 1.48. The molecule has 0 saturated heterocycles. The lowest BCUT2D eigenvalue weighted by molar-refractivity contribution is -0.150. The Bertz CT molecular complexity index is 795. The fraction of sp³-hybridized carbons (Fsp3) is 0.778. The first-order chi connectivity index (χ1) is 14.7. The molecule has 0 aromatic rings. The van der Waals surface area contributed by atoms with Gasteiger partial charge in [0.1, 0.15) is 6.10 Å². The number of esters is 2. The number of fused-ring (bicyclic) bond motifs is 5. The van der Waals surface area contributed by atoms with Crippen molar-refractivity contribution in [2.45, 2.75) is 91.6 Å². The van der Waals surface area contributed by atoms with Crippen LogP contribution in [0.5, 0.6) is 0 Å². The SMILES string of the molecule is COC(=O)CC[C@H](C)[C@@H]1CC[C@@H]2C3=CC[C@@H]4C[C@H](OC(C)=O)CC[C@]4(C)C3=CC[C@@]21C. The molecule has 4 nitrogen and oxygen atoms in total. The lowest BCUT2D eigenvalue weighted by Crippen LogP contribution is -2.45. The van der Waals surface area contributed by atoms with Crippen LogP contribution in [0.3, 0.4) is 0 Å². The fourth-order valence-electron chi connectivity index (χ4n) is 7.78. The van der Waals surface area contributed by atoms with E-state index in [1.54, 1.807) is 11.1 Å². The van der Waals surface area contributed by atoms with Crippen LogP contribution in [0.15, 0.2) is 23.3 Å². The lowest BCUT2D eigenvalue weighted by Gasteiger charge is -2.53. The second kappa shape index (κ2) is 8.41. The monoisotopic (exact) mass is 428 g/mol. The summed E-state index contributed by atoms with van der Waals surface area (Å²) < 4.78 is 10.5. The highest BCUT2D eigenvalue weighted by Gasteiger charge is 2.55. The highest BCUT2D eigenvalue weighted by Crippen LogP contribution is 2.65. The number of ether oxygens (including phenoxy) is 2. The smallest absolute Gasteiger partial charge is 0.305 e. The molecule has 0 aromatic carbocycles. The molecule has 4 aliphatic carbocycles. The Morgan fingerprint density at radius 2 is 1.97 bits per heavy atom. The third-order valence-corrected chi connectivity index (χ3v) is 9.56. The maximum atomic E-state index is 11.7. The van der Waals surface area contributed by atoms with E-state index >= 15 is 0 Å². The molecule has 0 aliphatic heterocycles. The van der Waals surface area contributed by atoms with Gasteiger partial charge in [-0.2, -0.15) is 0 Å². The van der Waals surface area contributed by atoms with Crippen molar-refractivity contribution < 1.29 is 19.1 Å². The molecule has 0 N–H and O–H groups in total. The molecule has 0 heterocycles. The van der Waals surface area contributed by atoms with E-state index in [4.69, 9.17) is 9.47 Å². The highest BCUT2D eigenvalue weighted by molar-refractivity contribution is 5.69. The van der Waals surface area contributed by atoms with Crippen molar-refractivity contribution in [1.82, 2.24) is 0 Å². The third-order valence-electron chi connectivity index (χ3n) is 9.56. The van der Waals surface area contributed by atoms with Gasteiger partial charge in [0.25, 0.3) is 0 Å². The maximum Gasteiger partial charge on any atom is 0.305 e. The van der Waals surface area contributed by atoms with Crippen molar-refractivity contribution in [2.75, 3.05) is 7.11 Å². The van der Waals surface area contributed by atoms with E-state index in [1.807, 2.05) is 0 Å². The zero-order valence-corrected chi connectivity index (χ0v) is 20.0. The number of carbonyl (C=O) groups is 2. The Balaban J connectivity index is 1.52. The minimum atomic E-state index is -0.147. The number of hydrogen-bond donors (Lipinski definition) is 0. The van der Waals surface area contributed by atoms with Crippen molar-refractivity contribution in [2.24, 2.45) is 34.5 Å². The normalized spacial score (nSPS) is 39.9. The van der Waals surface area contributed by atoms with E-state index in [0.29, 0.717) is 35.5 Å². The number of allylic oxidation sites excluding steroid dienone is 4. The second-order valence-electron chi connectivity index (χ2n) is 11.2. The molecule has 0 radical (unpaired) electrons. The van der Waals surface area contributed by atoms with Crippen LogP contribution in [0.2, 0.25) is 0 Å². The van der Waals surface area contributed by atoms with Crippen LogP contribution in [0.1, 0.15) is 85.5 Å². The van der Waals surface area contributed by atoms with E-state index in [-0.39, 0.29) is 23.5 Å². The summed E-state index contributed by atoms with van der Waals surface area (Å²) in [6, 6.07) is 0. The topological polar surface area (TPSA) is 52.6 Å². The van der Waals surface area contributed by atoms with Crippen LogP contribution in [0, 0.1) is 34.5 Å². The van der Waals surface area contributed by atoms with Gasteiger partial charge in [-0.1, -0.05) is 32.9 Å². The fourth-order valence-corrected chi connectivity index (χ4v) is 7.78. The van der Waals surface area contributed by atoms with Crippen LogP contribution in [-0.4, -0.2) is 25.2 Å². The van der Waals surface area contributed by atoms with Crippen molar-refractivity contribution in [3.63, 3.8) is 0 Å². The summed E-state index contributed by atoms with van der Waals surface area (Å²) >= 11 is 0. The van der Waals surface area contributed by atoms with Gasteiger partial charge in [-0.3, -0.25) is 9.59 Å². The second-order valence-corrected chi connectivity index (χ2v) is 11.2. The molecule has 4 heteroatoms. The quantitative estimate of drug-likeness (QED) is 0.504. The summed E-state index contributed by atoms with van der Waals surface area (Å²) in [5, 5.41) is 0. The first kappa shape index (κ1) is 22.6. The molecule has 2 saturated carbocycles. The van der Waals surface area contributed by atoms with E-state index < -0.39 is 0 Å². The van der Waals surface area contributed by atoms with E-state index in [9.17, 15) is 9.59 Å². The molecule has 0 amide bonds. The van der Waals surface area contributed by atoms with Crippen molar-refractivity contribution in [3.8, 4) is 0 Å². The molecule has 7 atom stereocenters. The Morgan fingerprint density at radius 1 is 1.19 bits per heavy atom. The molecule has 0 bridgehead atoms. The molecular weight excluding hydrogens is 388 g/mol. The van der Waals surface area contributed by atoms with Gasteiger partial charge < -0.3 is 9.47 Å². The Labute approximate surface area is 187 Å². The van der Waals surface area contributed by atoms with Gasteiger partial charge in [0.05, 0.1) is 7.11 Å². The molecule has 31 heavy (non-hydrogen) atoms. The third kappa shape index (κ3) is 3.89. The number of methoxy groups -OCH3 is 1. The number of rotatable bonds is 5. The maximum absolute atomic E-state index is 11.7. The van der Waals surface area contributed by atoms with Crippen molar-refractivity contribution >= 4 is 11.9 Å². The van der Waals surface area contributed by atoms with Gasteiger partial charge in [0.2, 0.25) is 0 Å². The summed E-state index contributed by atoms with van der Waals surface area (Å²) in [5.74, 6) is 2.17.